The average Bonchev–Trinajstić information content (AvgIpc) is 2.69. The van der Waals surface area contributed by atoms with Crippen molar-refractivity contribution in [3.05, 3.63) is 78.0 Å². The van der Waals surface area contributed by atoms with E-state index in [-0.39, 0.29) is 5.38 Å². The summed E-state index contributed by atoms with van der Waals surface area (Å²) in [6, 6.07) is 2.13. The van der Waals surface area contributed by atoms with Gasteiger partial charge in [-0.25, -0.2) is 9.97 Å². The monoisotopic (exact) mass is 348 g/mol. The molecule has 0 amide bonds. The Morgan fingerprint density at radius 1 is 0.920 bits per heavy atom. The minimum absolute atomic E-state index is 0.0151. The number of aromatic nitrogens is 2. The summed E-state index contributed by atoms with van der Waals surface area (Å²) in [7, 11) is 0. The van der Waals surface area contributed by atoms with Crippen LogP contribution in [0, 0.1) is 0 Å². The topological polar surface area (TPSA) is 25.8 Å². The van der Waals surface area contributed by atoms with Crippen LogP contribution in [0.3, 0.4) is 0 Å². The molecule has 25 heavy (non-hydrogen) atoms. The molecule has 0 saturated heterocycles. The van der Waals surface area contributed by atoms with E-state index in [0.717, 1.165) is 54.9 Å². The number of hydrogen-bond donors (Lipinski definition) is 0. The van der Waals surface area contributed by atoms with Crippen molar-refractivity contribution in [2.24, 2.45) is 0 Å². The Kier molecular flexibility index (Phi) is 4.80. The summed E-state index contributed by atoms with van der Waals surface area (Å²) in [5, 5.41) is 0.0151. The molecule has 126 valence electrons. The number of rotatable bonds is 3. The van der Waals surface area contributed by atoms with Crippen LogP contribution in [-0.2, 0) is 0 Å². The molecule has 0 saturated carbocycles. The average molecular weight is 349 g/mol. The lowest BCUT2D eigenvalue weighted by atomic mass is 9.98. The molecule has 1 atom stereocenters. The van der Waals surface area contributed by atoms with Crippen molar-refractivity contribution in [3.8, 4) is 0 Å². The molecule has 0 N–H and O–H groups in total. The number of hydrogen-bond acceptors (Lipinski definition) is 2. The Morgan fingerprint density at radius 2 is 1.80 bits per heavy atom. The summed E-state index contributed by atoms with van der Waals surface area (Å²) in [5.41, 5.74) is 5.50. The second kappa shape index (κ2) is 7.37. The molecular formula is C22H21ClN2. The predicted octanol–water partition coefficient (Wildman–Crippen LogP) is 5.89. The van der Waals surface area contributed by atoms with Gasteiger partial charge in [-0.1, -0.05) is 54.7 Å². The van der Waals surface area contributed by atoms with Gasteiger partial charge in [0.25, 0.3) is 0 Å². The largest absolute Gasteiger partial charge is 0.228 e. The molecule has 0 aromatic carbocycles. The van der Waals surface area contributed by atoms with Crippen molar-refractivity contribution in [3.63, 3.8) is 0 Å². The highest BCUT2D eigenvalue weighted by Crippen LogP contribution is 2.29. The second-order valence-corrected chi connectivity index (χ2v) is 7.10. The summed E-state index contributed by atoms with van der Waals surface area (Å²) in [6.07, 6.45) is 24.5. The first kappa shape index (κ1) is 16.3. The lowest BCUT2D eigenvalue weighted by molar-refractivity contribution is 0.996. The summed E-state index contributed by atoms with van der Waals surface area (Å²) < 4.78 is 0. The third-order valence-corrected chi connectivity index (χ3v) is 4.94. The van der Waals surface area contributed by atoms with Crippen LogP contribution < -0.4 is 0 Å². The zero-order valence-electron chi connectivity index (χ0n) is 14.2. The Balaban J connectivity index is 1.81. The Labute approximate surface area is 154 Å². The fourth-order valence-electron chi connectivity index (χ4n) is 3.30. The lowest BCUT2D eigenvalue weighted by Gasteiger charge is -2.16. The number of nitrogens with zero attached hydrogens (tertiary/aromatic N) is 2. The molecule has 0 radical (unpaired) electrons. The maximum atomic E-state index is 6.31. The van der Waals surface area contributed by atoms with Crippen molar-refractivity contribution < 1.29 is 0 Å². The first-order valence-electron chi connectivity index (χ1n) is 8.94. The minimum atomic E-state index is 0.0151. The zero-order chi connectivity index (χ0) is 17.1. The van der Waals surface area contributed by atoms with Gasteiger partial charge >= 0.3 is 0 Å². The summed E-state index contributed by atoms with van der Waals surface area (Å²) in [4.78, 5) is 9.72. The highest BCUT2D eigenvalue weighted by molar-refractivity contribution is 6.22. The van der Waals surface area contributed by atoms with Crippen LogP contribution in [-0.4, -0.2) is 15.3 Å². The quantitative estimate of drug-likeness (QED) is 0.636. The number of alkyl halides is 1. The molecular weight excluding hydrogens is 328 g/mol. The minimum Gasteiger partial charge on any atom is -0.228 e. The molecule has 1 unspecified atom stereocenters. The first-order chi connectivity index (χ1) is 12.3. The van der Waals surface area contributed by atoms with Crippen LogP contribution in [0.25, 0.3) is 16.7 Å². The Bertz CT molecular complexity index is 853. The molecule has 0 spiro atoms. The van der Waals surface area contributed by atoms with Gasteiger partial charge < -0.3 is 0 Å². The van der Waals surface area contributed by atoms with E-state index >= 15 is 0 Å². The van der Waals surface area contributed by atoms with Crippen molar-refractivity contribution in [1.82, 2.24) is 9.97 Å². The molecule has 0 aliphatic heterocycles. The van der Waals surface area contributed by atoms with Gasteiger partial charge in [0.1, 0.15) is 0 Å². The van der Waals surface area contributed by atoms with Crippen LogP contribution >= 0.6 is 11.6 Å². The van der Waals surface area contributed by atoms with E-state index in [0.29, 0.717) is 0 Å². The predicted molar refractivity (Wildman–Crippen MR) is 106 cm³/mol. The fraction of sp³-hybridized carbons (Fsp3) is 0.273. The molecule has 2 nitrogen and oxygen atoms in total. The zero-order valence-corrected chi connectivity index (χ0v) is 14.9. The van der Waals surface area contributed by atoms with E-state index in [1.165, 1.54) is 11.1 Å². The summed E-state index contributed by atoms with van der Waals surface area (Å²) >= 11 is 6.31. The molecule has 0 fully saturated rings. The summed E-state index contributed by atoms with van der Waals surface area (Å²) in [5.74, 6) is 0.768. The third kappa shape index (κ3) is 3.74. The molecule has 1 heterocycles. The number of halogens is 1. The highest BCUT2D eigenvalue weighted by Gasteiger charge is 2.16. The van der Waals surface area contributed by atoms with Gasteiger partial charge in [-0.3, -0.25) is 0 Å². The Hall–Kier alpha value is -2.19. The van der Waals surface area contributed by atoms with Crippen molar-refractivity contribution in [1.29, 1.82) is 0 Å². The Morgan fingerprint density at radius 3 is 2.56 bits per heavy atom. The van der Waals surface area contributed by atoms with Crippen molar-refractivity contribution in [2.45, 2.75) is 37.5 Å². The van der Waals surface area contributed by atoms with Gasteiger partial charge in [0.15, 0.2) is 5.82 Å². The molecule has 1 aromatic heterocycles. The molecule has 3 heteroatoms. The lowest BCUT2D eigenvalue weighted by Crippen LogP contribution is -2.06. The molecule has 3 aliphatic carbocycles. The van der Waals surface area contributed by atoms with Crippen LogP contribution in [0.15, 0.2) is 60.8 Å². The fourth-order valence-corrected chi connectivity index (χ4v) is 3.54. The van der Waals surface area contributed by atoms with Gasteiger partial charge in [-0.15, -0.1) is 11.6 Å². The van der Waals surface area contributed by atoms with Gasteiger partial charge in [0.05, 0.1) is 16.8 Å². The van der Waals surface area contributed by atoms with Crippen LogP contribution in [0.1, 0.15) is 49.3 Å². The van der Waals surface area contributed by atoms with Crippen LogP contribution in [0.2, 0.25) is 0 Å². The standard InChI is InChI=1S/C22H21ClN2/c23-19-13-7-12-18(14-19)22-24-20(16-8-3-1-4-9-16)15-21(25-22)17-10-5-2-6-11-17/h1,3,5,7-8,10-12,14-15,19H,2,4,6,9,13H2. The third-order valence-electron chi connectivity index (χ3n) is 4.64. The summed E-state index contributed by atoms with van der Waals surface area (Å²) in [6.45, 7) is 0. The number of allylic oxidation sites excluding steroid dienone is 12. The maximum Gasteiger partial charge on any atom is 0.160 e. The smallest absolute Gasteiger partial charge is 0.160 e. The van der Waals surface area contributed by atoms with E-state index in [4.69, 9.17) is 21.6 Å². The van der Waals surface area contributed by atoms with Gasteiger partial charge in [0.2, 0.25) is 0 Å². The van der Waals surface area contributed by atoms with Crippen LogP contribution in [0.5, 0.6) is 0 Å². The van der Waals surface area contributed by atoms with Gasteiger partial charge in [-0.05, 0) is 49.3 Å². The van der Waals surface area contributed by atoms with E-state index in [1.54, 1.807) is 0 Å². The van der Waals surface area contributed by atoms with Gasteiger partial charge in [-0.2, -0.15) is 0 Å². The highest BCUT2D eigenvalue weighted by atomic mass is 35.5. The van der Waals surface area contributed by atoms with Gasteiger partial charge in [0, 0.05) is 5.57 Å². The molecule has 4 rings (SSSR count). The van der Waals surface area contributed by atoms with E-state index in [2.05, 4.69) is 60.8 Å². The van der Waals surface area contributed by atoms with E-state index in [9.17, 15) is 0 Å². The van der Waals surface area contributed by atoms with Crippen molar-refractivity contribution in [2.75, 3.05) is 0 Å². The van der Waals surface area contributed by atoms with E-state index < -0.39 is 0 Å². The SMILES string of the molecule is ClC1C=C(c2nc(C3=CCCC=C3)cc(C3=CC=CCC3)n2)C=CC1. The van der Waals surface area contributed by atoms with E-state index in [1.807, 2.05) is 0 Å². The second-order valence-electron chi connectivity index (χ2n) is 6.54. The molecule has 1 aromatic rings. The normalized spacial score (nSPS) is 22.4. The van der Waals surface area contributed by atoms with Crippen LogP contribution in [0.4, 0.5) is 0 Å². The van der Waals surface area contributed by atoms with Crippen molar-refractivity contribution >= 4 is 28.3 Å². The molecule has 3 aliphatic rings. The first-order valence-corrected chi connectivity index (χ1v) is 9.38. The maximum absolute atomic E-state index is 6.31. The molecule has 0 bridgehead atoms.